The van der Waals surface area contributed by atoms with Crippen LogP contribution in [-0.2, 0) is 9.84 Å². The summed E-state index contributed by atoms with van der Waals surface area (Å²) in [5.41, 5.74) is 1.43. The van der Waals surface area contributed by atoms with Gasteiger partial charge in [0.1, 0.15) is 11.6 Å². The van der Waals surface area contributed by atoms with Crippen LogP contribution in [0.1, 0.15) is 49.7 Å². The number of sulfone groups is 1. The fourth-order valence-electron chi connectivity index (χ4n) is 4.43. The quantitative estimate of drug-likeness (QED) is 0.650. The zero-order chi connectivity index (χ0) is 22.4. The molecule has 0 aromatic heterocycles. The Morgan fingerprint density at radius 3 is 2.32 bits per heavy atom. The molecular formula is C24H32F2N2O2S. The van der Waals surface area contributed by atoms with Gasteiger partial charge < -0.3 is 10.2 Å². The summed E-state index contributed by atoms with van der Waals surface area (Å²) in [5, 5.41) is 3.53. The molecule has 0 radical (unpaired) electrons. The molecule has 1 N–H and O–H groups in total. The molecule has 1 heterocycles. The summed E-state index contributed by atoms with van der Waals surface area (Å²) in [7, 11) is -3.30. The summed E-state index contributed by atoms with van der Waals surface area (Å²) in [5.74, 6) is -1.42. The third kappa shape index (κ3) is 6.82. The first kappa shape index (κ1) is 23.8. The number of nitrogens with zero attached hydrogens (tertiary/aromatic N) is 1. The van der Waals surface area contributed by atoms with Gasteiger partial charge in [-0.05, 0) is 87.3 Å². The van der Waals surface area contributed by atoms with E-state index in [4.69, 9.17) is 0 Å². The Labute approximate surface area is 184 Å². The molecule has 2 aromatic rings. The molecule has 1 saturated heterocycles. The van der Waals surface area contributed by atoms with Crippen molar-refractivity contribution in [1.82, 2.24) is 10.2 Å². The van der Waals surface area contributed by atoms with E-state index in [1.54, 1.807) is 24.3 Å². The molecule has 1 aliphatic heterocycles. The van der Waals surface area contributed by atoms with E-state index in [-0.39, 0.29) is 10.8 Å². The first-order chi connectivity index (χ1) is 14.8. The lowest BCUT2D eigenvalue weighted by Crippen LogP contribution is -2.31. The van der Waals surface area contributed by atoms with Gasteiger partial charge in [0.15, 0.2) is 9.84 Å². The standard InChI is InChI=1S/C24H32F2N2O2S/c1-3-27-22-5-4-12-28(13-10-22)14-11-24(19-15-20(25)17-21(26)16-19)18-6-8-23(9-7-18)31(2,29)30/h6-9,15-17,22,24,27H,3-5,10-14H2,1-2H3. The molecule has 1 fully saturated rings. The first-order valence-electron chi connectivity index (χ1n) is 11.0. The van der Waals surface area contributed by atoms with Crippen LogP contribution in [0.2, 0.25) is 0 Å². The highest BCUT2D eigenvalue weighted by Gasteiger charge is 2.21. The highest BCUT2D eigenvalue weighted by molar-refractivity contribution is 7.90. The Hall–Kier alpha value is -1.83. The number of rotatable bonds is 8. The van der Waals surface area contributed by atoms with E-state index >= 15 is 0 Å². The normalized spacial score (nSPS) is 19.2. The molecule has 3 rings (SSSR count). The van der Waals surface area contributed by atoms with Gasteiger partial charge >= 0.3 is 0 Å². The zero-order valence-electron chi connectivity index (χ0n) is 18.3. The molecule has 2 unspecified atom stereocenters. The third-order valence-corrected chi connectivity index (χ3v) is 7.17. The van der Waals surface area contributed by atoms with Crippen molar-refractivity contribution in [2.24, 2.45) is 0 Å². The SMILES string of the molecule is CCNC1CCCN(CCC(c2ccc(S(C)(=O)=O)cc2)c2cc(F)cc(F)c2)CC1. The van der Waals surface area contributed by atoms with Crippen LogP contribution < -0.4 is 5.32 Å². The lowest BCUT2D eigenvalue weighted by atomic mass is 9.88. The predicted octanol–water partition coefficient (Wildman–Crippen LogP) is 4.35. The van der Waals surface area contributed by atoms with Crippen LogP contribution in [-0.4, -0.2) is 51.8 Å². The Morgan fingerprint density at radius 1 is 1.03 bits per heavy atom. The average Bonchev–Trinajstić information content (AvgIpc) is 2.93. The maximum atomic E-state index is 14.0. The summed E-state index contributed by atoms with van der Waals surface area (Å²) in [6.07, 6.45) is 5.25. The van der Waals surface area contributed by atoms with Crippen LogP contribution in [0, 0.1) is 11.6 Å². The molecular weight excluding hydrogens is 418 g/mol. The Bertz CT molecular complexity index is 944. The van der Waals surface area contributed by atoms with E-state index < -0.39 is 21.5 Å². The Balaban J connectivity index is 1.79. The molecule has 0 aliphatic carbocycles. The lowest BCUT2D eigenvalue weighted by Gasteiger charge is -2.25. The van der Waals surface area contributed by atoms with Crippen molar-refractivity contribution < 1.29 is 17.2 Å². The molecule has 1 aliphatic rings. The molecule has 4 nitrogen and oxygen atoms in total. The van der Waals surface area contributed by atoms with Gasteiger partial charge in [0.2, 0.25) is 0 Å². The number of hydrogen-bond donors (Lipinski definition) is 1. The van der Waals surface area contributed by atoms with Gasteiger partial charge in [-0.2, -0.15) is 0 Å². The Morgan fingerprint density at radius 2 is 1.71 bits per heavy atom. The molecule has 7 heteroatoms. The van der Waals surface area contributed by atoms with Crippen molar-refractivity contribution >= 4 is 9.84 Å². The largest absolute Gasteiger partial charge is 0.314 e. The summed E-state index contributed by atoms with van der Waals surface area (Å²) < 4.78 is 51.5. The minimum atomic E-state index is -3.30. The molecule has 2 atom stereocenters. The third-order valence-electron chi connectivity index (χ3n) is 6.05. The van der Waals surface area contributed by atoms with Crippen LogP contribution >= 0.6 is 0 Å². The summed E-state index contributed by atoms with van der Waals surface area (Å²) >= 11 is 0. The van der Waals surface area contributed by atoms with Gasteiger partial charge in [0.25, 0.3) is 0 Å². The van der Waals surface area contributed by atoms with E-state index in [1.165, 1.54) is 18.4 Å². The number of benzene rings is 2. The van der Waals surface area contributed by atoms with Crippen LogP contribution in [0.5, 0.6) is 0 Å². The molecule has 0 amide bonds. The summed E-state index contributed by atoms with van der Waals surface area (Å²) in [6.45, 7) is 5.92. The second-order valence-corrected chi connectivity index (χ2v) is 10.4. The van der Waals surface area contributed by atoms with E-state index in [0.717, 1.165) is 57.1 Å². The average molecular weight is 451 g/mol. The molecule has 31 heavy (non-hydrogen) atoms. The zero-order valence-corrected chi connectivity index (χ0v) is 19.1. The van der Waals surface area contributed by atoms with Gasteiger partial charge in [-0.1, -0.05) is 19.1 Å². The molecule has 0 bridgehead atoms. The van der Waals surface area contributed by atoms with Crippen molar-refractivity contribution in [3.8, 4) is 0 Å². The first-order valence-corrected chi connectivity index (χ1v) is 12.9. The number of likely N-dealkylation sites (tertiary alicyclic amines) is 1. The monoisotopic (exact) mass is 450 g/mol. The van der Waals surface area contributed by atoms with Gasteiger partial charge in [0, 0.05) is 24.3 Å². The predicted molar refractivity (Wildman–Crippen MR) is 120 cm³/mol. The fraction of sp³-hybridized carbons (Fsp3) is 0.500. The van der Waals surface area contributed by atoms with Crippen molar-refractivity contribution in [3.05, 3.63) is 65.2 Å². The van der Waals surface area contributed by atoms with Gasteiger partial charge in [-0.25, -0.2) is 17.2 Å². The highest BCUT2D eigenvalue weighted by Crippen LogP contribution is 2.30. The minimum Gasteiger partial charge on any atom is -0.314 e. The van der Waals surface area contributed by atoms with Crippen LogP contribution in [0.15, 0.2) is 47.4 Å². The van der Waals surface area contributed by atoms with E-state index in [9.17, 15) is 17.2 Å². The second kappa shape index (κ2) is 10.7. The fourth-order valence-corrected chi connectivity index (χ4v) is 5.06. The molecule has 0 saturated carbocycles. The number of hydrogen-bond acceptors (Lipinski definition) is 4. The van der Waals surface area contributed by atoms with Crippen molar-refractivity contribution in [2.75, 3.05) is 32.4 Å². The lowest BCUT2D eigenvalue weighted by molar-refractivity contribution is 0.274. The van der Waals surface area contributed by atoms with Crippen molar-refractivity contribution in [1.29, 1.82) is 0 Å². The van der Waals surface area contributed by atoms with Gasteiger partial charge in [0.05, 0.1) is 4.90 Å². The van der Waals surface area contributed by atoms with Gasteiger partial charge in [-0.3, -0.25) is 0 Å². The summed E-state index contributed by atoms with van der Waals surface area (Å²) in [4.78, 5) is 2.66. The maximum absolute atomic E-state index is 14.0. The topological polar surface area (TPSA) is 49.4 Å². The summed E-state index contributed by atoms with van der Waals surface area (Å²) in [6, 6.07) is 10.8. The van der Waals surface area contributed by atoms with Gasteiger partial charge in [-0.15, -0.1) is 0 Å². The molecule has 2 aromatic carbocycles. The van der Waals surface area contributed by atoms with Crippen LogP contribution in [0.3, 0.4) is 0 Å². The van der Waals surface area contributed by atoms with E-state index in [0.29, 0.717) is 18.0 Å². The van der Waals surface area contributed by atoms with Crippen LogP contribution in [0.4, 0.5) is 8.78 Å². The molecule has 170 valence electrons. The highest BCUT2D eigenvalue weighted by atomic mass is 32.2. The second-order valence-electron chi connectivity index (χ2n) is 8.41. The van der Waals surface area contributed by atoms with Crippen molar-refractivity contribution in [3.63, 3.8) is 0 Å². The maximum Gasteiger partial charge on any atom is 0.175 e. The van der Waals surface area contributed by atoms with E-state index in [2.05, 4.69) is 17.1 Å². The molecule has 0 spiro atoms. The smallest absolute Gasteiger partial charge is 0.175 e. The van der Waals surface area contributed by atoms with E-state index in [1.807, 2.05) is 0 Å². The van der Waals surface area contributed by atoms with Crippen molar-refractivity contribution in [2.45, 2.75) is 49.5 Å². The van der Waals surface area contributed by atoms with Crippen LogP contribution in [0.25, 0.3) is 0 Å². The minimum absolute atomic E-state index is 0.216. The number of nitrogens with one attached hydrogen (secondary N) is 1. The number of halogens is 2. The Kier molecular flexibility index (Phi) is 8.19.